The van der Waals surface area contributed by atoms with Gasteiger partial charge in [-0.1, -0.05) is 24.2 Å². The van der Waals surface area contributed by atoms with Crippen molar-refractivity contribution >= 4 is 51.1 Å². The smallest absolute Gasteiger partial charge is 0.337 e. The molecule has 9 heteroatoms. The van der Waals surface area contributed by atoms with Crippen LogP contribution in [0.1, 0.15) is 30.1 Å². The lowest BCUT2D eigenvalue weighted by molar-refractivity contribution is -0.130. The van der Waals surface area contributed by atoms with Gasteiger partial charge in [0.15, 0.2) is 4.80 Å². The molecule has 1 fully saturated rings. The van der Waals surface area contributed by atoms with E-state index >= 15 is 0 Å². The molecule has 1 aliphatic rings. The Labute approximate surface area is 189 Å². The van der Waals surface area contributed by atoms with E-state index in [4.69, 9.17) is 11.2 Å². The minimum absolute atomic E-state index is 0.0731. The average molecular weight is 460 g/mol. The fourth-order valence-electron chi connectivity index (χ4n) is 3.52. The molecule has 2 aromatic rings. The summed E-state index contributed by atoms with van der Waals surface area (Å²) in [5.41, 5.74) is 1.22. The molecule has 1 aromatic carbocycles. The van der Waals surface area contributed by atoms with E-state index in [2.05, 4.69) is 17.8 Å². The second-order valence-electron chi connectivity index (χ2n) is 7.43. The maximum Gasteiger partial charge on any atom is 0.337 e. The molecule has 7 nitrogen and oxygen atoms in total. The number of esters is 1. The Kier molecular flexibility index (Phi) is 7.93. The number of thioether (sulfide) groups is 1. The Morgan fingerprint density at radius 1 is 1.35 bits per heavy atom. The quantitative estimate of drug-likeness (QED) is 0.490. The van der Waals surface area contributed by atoms with Gasteiger partial charge in [0.25, 0.3) is 5.91 Å². The summed E-state index contributed by atoms with van der Waals surface area (Å²) in [5, 5.41) is 0. The van der Waals surface area contributed by atoms with Gasteiger partial charge in [0.1, 0.15) is 0 Å². The Balaban J connectivity index is 1.70. The van der Waals surface area contributed by atoms with Crippen molar-refractivity contribution in [2.24, 2.45) is 10.9 Å². The van der Waals surface area contributed by atoms with Gasteiger partial charge in [-0.2, -0.15) is 4.99 Å². The summed E-state index contributed by atoms with van der Waals surface area (Å²) in [5.74, 6) is 2.81. The fraction of sp³-hybridized carbons (Fsp3) is 0.455. The zero-order valence-corrected chi connectivity index (χ0v) is 19.3. The zero-order chi connectivity index (χ0) is 22.4. The van der Waals surface area contributed by atoms with Crippen molar-refractivity contribution in [1.82, 2.24) is 9.47 Å². The summed E-state index contributed by atoms with van der Waals surface area (Å²) in [7, 11) is 1.33. The lowest BCUT2D eigenvalue weighted by Gasteiger charge is -2.30. The van der Waals surface area contributed by atoms with E-state index in [9.17, 15) is 14.4 Å². The molecule has 1 aromatic heterocycles. The Morgan fingerprint density at radius 3 is 2.87 bits per heavy atom. The Bertz CT molecular complexity index is 1100. The van der Waals surface area contributed by atoms with E-state index in [1.807, 2.05) is 4.90 Å². The summed E-state index contributed by atoms with van der Waals surface area (Å²) in [6, 6.07) is 5.13. The molecule has 1 aliphatic heterocycles. The molecule has 0 radical (unpaired) electrons. The number of likely N-dealkylation sites (tertiary alicyclic amines) is 1. The zero-order valence-electron chi connectivity index (χ0n) is 17.6. The molecule has 31 heavy (non-hydrogen) atoms. The lowest BCUT2D eigenvalue weighted by atomic mass is 10.0. The second kappa shape index (κ2) is 10.6. The third kappa shape index (κ3) is 5.77. The van der Waals surface area contributed by atoms with Gasteiger partial charge in [-0.25, -0.2) is 4.79 Å². The number of ether oxygens (including phenoxy) is 1. The summed E-state index contributed by atoms with van der Waals surface area (Å²) in [6.45, 7) is 3.99. The normalized spacial score (nSPS) is 16.9. The predicted octanol–water partition coefficient (Wildman–Crippen LogP) is 2.54. The molecule has 1 atom stereocenters. The van der Waals surface area contributed by atoms with Gasteiger partial charge < -0.3 is 14.2 Å². The van der Waals surface area contributed by atoms with Gasteiger partial charge in [-0.15, -0.1) is 18.2 Å². The van der Waals surface area contributed by atoms with Gasteiger partial charge in [-0.3, -0.25) is 9.59 Å². The molecule has 1 saturated heterocycles. The van der Waals surface area contributed by atoms with Crippen LogP contribution in [0.15, 0.2) is 23.2 Å². The number of piperidine rings is 1. The van der Waals surface area contributed by atoms with Crippen molar-refractivity contribution in [2.75, 3.05) is 31.7 Å². The highest BCUT2D eigenvalue weighted by Crippen LogP contribution is 2.20. The van der Waals surface area contributed by atoms with Crippen molar-refractivity contribution in [3.05, 3.63) is 28.6 Å². The number of carbonyl (C=O) groups is 3. The molecule has 0 saturated carbocycles. The fourth-order valence-corrected chi connectivity index (χ4v) is 5.30. The van der Waals surface area contributed by atoms with E-state index < -0.39 is 5.97 Å². The predicted molar refractivity (Wildman–Crippen MR) is 123 cm³/mol. The SMILES string of the molecule is C#CCn1c(=NC(=O)CSCC(=O)N2CCCC(C)C2)sc2cc(C(=O)OC)ccc21. The molecule has 2 heterocycles. The van der Waals surface area contributed by atoms with E-state index in [0.29, 0.717) is 16.3 Å². The van der Waals surface area contributed by atoms with Crippen LogP contribution in [0.3, 0.4) is 0 Å². The number of hydrogen-bond acceptors (Lipinski definition) is 6. The summed E-state index contributed by atoms with van der Waals surface area (Å²) in [6.07, 6.45) is 7.68. The van der Waals surface area contributed by atoms with Crippen LogP contribution in [0.2, 0.25) is 0 Å². The molecule has 3 rings (SSSR count). The second-order valence-corrected chi connectivity index (χ2v) is 9.43. The molecule has 0 N–H and O–H groups in total. The van der Waals surface area contributed by atoms with Crippen molar-refractivity contribution in [3.63, 3.8) is 0 Å². The number of aromatic nitrogens is 1. The first-order valence-electron chi connectivity index (χ1n) is 10.0. The number of carbonyl (C=O) groups excluding carboxylic acids is 3. The van der Waals surface area contributed by atoms with Gasteiger partial charge in [-0.05, 0) is 37.0 Å². The number of fused-ring (bicyclic) bond motifs is 1. The first-order chi connectivity index (χ1) is 14.9. The van der Waals surface area contributed by atoms with Gasteiger partial charge in [0, 0.05) is 13.1 Å². The Morgan fingerprint density at radius 2 is 2.16 bits per heavy atom. The highest BCUT2D eigenvalue weighted by molar-refractivity contribution is 8.00. The van der Waals surface area contributed by atoms with Crippen LogP contribution in [0.4, 0.5) is 0 Å². The van der Waals surface area contributed by atoms with Crippen LogP contribution in [0.25, 0.3) is 10.2 Å². The van der Waals surface area contributed by atoms with Crippen LogP contribution in [0.5, 0.6) is 0 Å². The number of rotatable bonds is 6. The third-order valence-electron chi connectivity index (χ3n) is 5.03. The molecule has 164 valence electrons. The monoisotopic (exact) mass is 459 g/mol. The van der Waals surface area contributed by atoms with Crippen LogP contribution in [-0.2, 0) is 20.9 Å². The van der Waals surface area contributed by atoms with Crippen LogP contribution in [-0.4, -0.2) is 59.0 Å². The maximum atomic E-state index is 12.4. The highest BCUT2D eigenvalue weighted by Gasteiger charge is 2.21. The molecule has 0 bridgehead atoms. The van der Waals surface area contributed by atoms with E-state index in [-0.39, 0.29) is 29.9 Å². The first-order valence-corrected chi connectivity index (χ1v) is 12.0. The minimum Gasteiger partial charge on any atom is -0.465 e. The first kappa shape index (κ1) is 23.1. The summed E-state index contributed by atoms with van der Waals surface area (Å²) < 4.78 is 7.31. The largest absolute Gasteiger partial charge is 0.465 e. The average Bonchev–Trinajstić information content (AvgIpc) is 3.09. The number of methoxy groups -OCH3 is 1. The number of benzene rings is 1. The van der Waals surface area contributed by atoms with Crippen molar-refractivity contribution in [1.29, 1.82) is 0 Å². The van der Waals surface area contributed by atoms with Crippen molar-refractivity contribution < 1.29 is 19.1 Å². The molecular weight excluding hydrogens is 434 g/mol. The van der Waals surface area contributed by atoms with Gasteiger partial charge in [0.2, 0.25) is 5.91 Å². The minimum atomic E-state index is -0.433. The van der Waals surface area contributed by atoms with Crippen molar-refractivity contribution in [2.45, 2.75) is 26.3 Å². The molecule has 0 spiro atoms. The standard InChI is InChI=1S/C22H25N3O4S2/c1-4-9-25-17-8-7-16(21(28)29-3)11-18(17)31-22(25)23-19(26)13-30-14-20(27)24-10-5-6-15(2)12-24/h1,7-8,11,15H,5-6,9-10,12-14H2,2-3H3. The lowest BCUT2D eigenvalue weighted by Crippen LogP contribution is -2.40. The van der Waals surface area contributed by atoms with Crippen LogP contribution >= 0.6 is 23.1 Å². The summed E-state index contributed by atoms with van der Waals surface area (Å²) >= 11 is 2.56. The number of hydrogen-bond donors (Lipinski definition) is 0. The van der Waals surface area contributed by atoms with E-state index in [1.165, 1.54) is 30.2 Å². The number of terminal acetylenes is 1. The van der Waals surface area contributed by atoms with Crippen LogP contribution in [0, 0.1) is 18.3 Å². The Hall–Kier alpha value is -2.57. The van der Waals surface area contributed by atoms with E-state index in [0.717, 1.165) is 36.1 Å². The van der Waals surface area contributed by atoms with E-state index in [1.54, 1.807) is 22.8 Å². The topological polar surface area (TPSA) is 81.0 Å². The van der Waals surface area contributed by atoms with Gasteiger partial charge in [0.05, 0.1) is 40.9 Å². The molecular formula is C22H25N3O4S2. The summed E-state index contributed by atoms with van der Waals surface area (Å²) in [4.78, 5) is 43.1. The number of nitrogens with zero attached hydrogens (tertiary/aromatic N) is 3. The molecule has 0 aliphatic carbocycles. The maximum absolute atomic E-state index is 12.4. The van der Waals surface area contributed by atoms with Gasteiger partial charge >= 0.3 is 5.97 Å². The third-order valence-corrected chi connectivity index (χ3v) is 6.98. The highest BCUT2D eigenvalue weighted by atomic mass is 32.2. The molecule has 2 amide bonds. The molecule has 1 unspecified atom stereocenters. The van der Waals surface area contributed by atoms with Crippen LogP contribution < -0.4 is 4.80 Å². The number of thiazole rings is 1. The van der Waals surface area contributed by atoms with Crippen molar-refractivity contribution in [3.8, 4) is 12.3 Å². The number of amides is 2.